The molecule has 0 bridgehead atoms. The number of halogens is 7. The Morgan fingerprint density at radius 3 is 2.24 bits per heavy atom. The Bertz CT molecular complexity index is 357. The van der Waals surface area contributed by atoms with Gasteiger partial charge in [0.2, 0.25) is 5.91 Å². The largest absolute Gasteiger partial charge is 0.406 e. The van der Waals surface area contributed by atoms with Crippen LogP contribution in [-0.4, -0.2) is 41.6 Å². The van der Waals surface area contributed by atoms with Crippen molar-refractivity contribution in [3.63, 3.8) is 0 Å². The fraction of sp³-hybridized carbons (Fsp3) is 0.917. The molecule has 0 saturated heterocycles. The maximum atomic E-state index is 12.7. The van der Waals surface area contributed by atoms with Crippen molar-refractivity contribution in [1.82, 2.24) is 4.90 Å². The van der Waals surface area contributed by atoms with E-state index in [1.54, 1.807) is 0 Å². The summed E-state index contributed by atoms with van der Waals surface area (Å²) < 4.78 is 75.4. The summed E-state index contributed by atoms with van der Waals surface area (Å²) >= 11 is 2.95. The Balaban J connectivity index is 2.74. The van der Waals surface area contributed by atoms with E-state index in [-0.39, 0.29) is 31.1 Å². The molecule has 0 aromatic carbocycles. The fourth-order valence-corrected chi connectivity index (χ4v) is 2.98. The van der Waals surface area contributed by atoms with Gasteiger partial charge in [0, 0.05) is 17.8 Å². The molecule has 0 radical (unpaired) electrons. The Morgan fingerprint density at radius 2 is 1.76 bits per heavy atom. The molecule has 2 nitrogen and oxygen atoms in total. The quantitative estimate of drug-likeness (QED) is 0.527. The van der Waals surface area contributed by atoms with Gasteiger partial charge < -0.3 is 4.90 Å². The van der Waals surface area contributed by atoms with Gasteiger partial charge in [-0.2, -0.15) is 26.3 Å². The molecule has 1 amide bonds. The third-order valence-electron chi connectivity index (χ3n) is 3.52. The van der Waals surface area contributed by atoms with Gasteiger partial charge in [0.25, 0.3) is 0 Å². The average molecular weight is 384 g/mol. The SMILES string of the molecule is O=C(C1CCCC(C(F)(F)F)C1)N(CCBr)CC(F)(F)F. The van der Waals surface area contributed by atoms with E-state index in [4.69, 9.17) is 0 Å². The Labute approximate surface area is 127 Å². The fourth-order valence-electron chi connectivity index (χ4n) is 2.56. The van der Waals surface area contributed by atoms with Crippen LogP contribution in [0.5, 0.6) is 0 Å². The Hall–Kier alpha value is -0.470. The van der Waals surface area contributed by atoms with Gasteiger partial charge in [-0.05, 0) is 19.3 Å². The van der Waals surface area contributed by atoms with Crippen molar-refractivity contribution < 1.29 is 31.1 Å². The van der Waals surface area contributed by atoms with E-state index in [1.165, 1.54) is 0 Å². The number of amides is 1. The molecule has 2 atom stereocenters. The second kappa shape index (κ2) is 7.19. The van der Waals surface area contributed by atoms with Crippen molar-refractivity contribution >= 4 is 21.8 Å². The second-order valence-corrected chi connectivity index (χ2v) is 5.96. The van der Waals surface area contributed by atoms with E-state index in [9.17, 15) is 31.1 Å². The molecule has 1 saturated carbocycles. The zero-order valence-electron chi connectivity index (χ0n) is 11.1. The molecule has 0 aromatic rings. The van der Waals surface area contributed by atoms with E-state index >= 15 is 0 Å². The van der Waals surface area contributed by atoms with Crippen molar-refractivity contribution in [2.75, 3.05) is 18.4 Å². The molecular weight excluding hydrogens is 368 g/mol. The van der Waals surface area contributed by atoms with Crippen LogP contribution in [0.2, 0.25) is 0 Å². The number of carbonyl (C=O) groups is 1. The highest BCUT2D eigenvalue weighted by Gasteiger charge is 2.45. The molecule has 1 aliphatic rings. The lowest BCUT2D eigenvalue weighted by molar-refractivity contribution is -0.189. The smallest absolute Gasteiger partial charge is 0.333 e. The van der Waals surface area contributed by atoms with Crippen LogP contribution in [0, 0.1) is 11.8 Å². The number of nitrogens with zero attached hydrogens (tertiary/aromatic N) is 1. The number of rotatable bonds is 4. The van der Waals surface area contributed by atoms with Crippen LogP contribution in [0.25, 0.3) is 0 Å². The highest BCUT2D eigenvalue weighted by molar-refractivity contribution is 9.09. The summed E-state index contributed by atoms with van der Waals surface area (Å²) in [6.45, 7) is -1.60. The first-order valence-electron chi connectivity index (χ1n) is 6.53. The molecule has 124 valence electrons. The number of carbonyl (C=O) groups excluding carboxylic acids is 1. The molecule has 0 spiro atoms. The van der Waals surface area contributed by atoms with E-state index in [1.807, 2.05) is 0 Å². The van der Waals surface area contributed by atoms with Gasteiger partial charge in [-0.1, -0.05) is 22.4 Å². The molecule has 0 heterocycles. The van der Waals surface area contributed by atoms with Crippen LogP contribution in [-0.2, 0) is 4.79 Å². The minimum Gasteiger partial charge on any atom is -0.333 e. The summed E-state index contributed by atoms with van der Waals surface area (Å²) in [5.41, 5.74) is 0. The standard InChI is InChI=1S/C12H16BrF6NO/c13-4-5-20(7-11(14,15)16)10(21)8-2-1-3-9(6-8)12(17,18)19/h8-9H,1-7H2. The summed E-state index contributed by atoms with van der Waals surface area (Å²) in [5, 5.41) is 0.143. The van der Waals surface area contributed by atoms with Crippen LogP contribution in [0.4, 0.5) is 26.3 Å². The van der Waals surface area contributed by atoms with Crippen molar-refractivity contribution in [3.05, 3.63) is 0 Å². The summed E-state index contributed by atoms with van der Waals surface area (Å²) in [5.74, 6) is -3.41. The lowest BCUT2D eigenvalue weighted by atomic mass is 9.80. The van der Waals surface area contributed by atoms with Crippen LogP contribution < -0.4 is 0 Å². The normalized spacial score (nSPS) is 24.0. The van der Waals surface area contributed by atoms with Gasteiger partial charge in [0.05, 0.1) is 5.92 Å². The highest BCUT2D eigenvalue weighted by atomic mass is 79.9. The summed E-state index contributed by atoms with van der Waals surface area (Å²) in [6.07, 6.45) is -9.03. The van der Waals surface area contributed by atoms with Crippen molar-refractivity contribution in [1.29, 1.82) is 0 Å². The minimum absolute atomic E-state index is 0.0645. The van der Waals surface area contributed by atoms with E-state index in [2.05, 4.69) is 15.9 Å². The molecule has 1 fully saturated rings. The van der Waals surface area contributed by atoms with Gasteiger partial charge in [0.15, 0.2) is 0 Å². The molecular formula is C12H16BrF6NO. The monoisotopic (exact) mass is 383 g/mol. The van der Waals surface area contributed by atoms with Crippen LogP contribution in [0.15, 0.2) is 0 Å². The molecule has 0 N–H and O–H groups in total. The molecule has 21 heavy (non-hydrogen) atoms. The molecule has 0 aromatic heterocycles. The molecule has 9 heteroatoms. The summed E-state index contributed by atoms with van der Waals surface area (Å²) in [4.78, 5) is 12.7. The molecule has 2 unspecified atom stereocenters. The highest BCUT2D eigenvalue weighted by Crippen LogP contribution is 2.40. The molecule has 1 rings (SSSR count). The van der Waals surface area contributed by atoms with E-state index in [0.29, 0.717) is 4.90 Å². The second-order valence-electron chi connectivity index (χ2n) is 5.17. The van der Waals surface area contributed by atoms with Gasteiger partial charge in [-0.25, -0.2) is 0 Å². The van der Waals surface area contributed by atoms with Crippen LogP contribution in [0.1, 0.15) is 25.7 Å². The summed E-state index contributed by atoms with van der Waals surface area (Å²) in [7, 11) is 0. The molecule has 1 aliphatic carbocycles. The van der Waals surface area contributed by atoms with E-state index in [0.717, 1.165) is 0 Å². The Kier molecular flexibility index (Phi) is 6.36. The zero-order chi connectivity index (χ0) is 16.3. The van der Waals surface area contributed by atoms with Gasteiger partial charge in [0.1, 0.15) is 6.54 Å². The Morgan fingerprint density at radius 1 is 1.14 bits per heavy atom. The van der Waals surface area contributed by atoms with Gasteiger partial charge in [-0.15, -0.1) is 0 Å². The predicted molar refractivity (Wildman–Crippen MR) is 67.9 cm³/mol. The number of hydrogen-bond acceptors (Lipinski definition) is 1. The first-order valence-corrected chi connectivity index (χ1v) is 7.65. The summed E-state index contributed by atoms with van der Waals surface area (Å²) in [6, 6.07) is 0. The zero-order valence-corrected chi connectivity index (χ0v) is 12.7. The van der Waals surface area contributed by atoms with Crippen LogP contribution in [0.3, 0.4) is 0 Å². The number of alkyl halides is 7. The average Bonchev–Trinajstić information content (AvgIpc) is 2.35. The van der Waals surface area contributed by atoms with Crippen molar-refractivity contribution in [2.24, 2.45) is 11.8 Å². The van der Waals surface area contributed by atoms with Gasteiger partial charge >= 0.3 is 12.4 Å². The lowest BCUT2D eigenvalue weighted by Crippen LogP contribution is -2.45. The minimum atomic E-state index is -4.56. The van der Waals surface area contributed by atoms with Crippen LogP contribution >= 0.6 is 15.9 Å². The van der Waals surface area contributed by atoms with Gasteiger partial charge in [-0.3, -0.25) is 4.79 Å². The third kappa shape index (κ3) is 6.04. The lowest BCUT2D eigenvalue weighted by Gasteiger charge is -2.33. The third-order valence-corrected chi connectivity index (χ3v) is 3.88. The van der Waals surface area contributed by atoms with Crippen molar-refractivity contribution in [2.45, 2.75) is 38.0 Å². The predicted octanol–water partition coefficient (Wildman–Crippen LogP) is 4.14. The first kappa shape index (κ1) is 18.6. The maximum absolute atomic E-state index is 12.7. The van der Waals surface area contributed by atoms with E-state index < -0.39 is 43.1 Å². The maximum Gasteiger partial charge on any atom is 0.406 e. The van der Waals surface area contributed by atoms with Crippen molar-refractivity contribution in [3.8, 4) is 0 Å². The first-order chi connectivity index (χ1) is 9.54. The molecule has 0 aliphatic heterocycles. The number of hydrogen-bond donors (Lipinski definition) is 0. The topological polar surface area (TPSA) is 20.3 Å².